The molecule has 1 aromatic rings. The summed E-state index contributed by atoms with van der Waals surface area (Å²) in [5.41, 5.74) is 1.33. The van der Waals surface area contributed by atoms with Crippen LogP contribution in [0.15, 0.2) is 5.38 Å². The highest BCUT2D eigenvalue weighted by Crippen LogP contribution is 2.14. The summed E-state index contributed by atoms with van der Waals surface area (Å²) < 4.78 is 5.56. The van der Waals surface area contributed by atoms with Gasteiger partial charge in [-0.2, -0.15) is 0 Å². The Hall–Kier alpha value is -0.490. The molecule has 2 heterocycles. The van der Waals surface area contributed by atoms with Crippen molar-refractivity contribution in [2.75, 3.05) is 19.7 Å². The van der Waals surface area contributed by atoms with E-state index >= 15 is 0 Å². The summed E-state index contributed by atoms with van der Waals surface area (Å²) in [6, 6.07) is 0. The van der Waals surface area contributed by atoms with Gasteiger partial charge >= 0.3 is 0 Å². The Balaban J connectivity index is 1.83. The Bertz CT molecular complexity index is 400. The molecule has 0 amide bonds. The number of morpholine rings is 1. The van der Waals surface area contributed by atoms with E-state index in [-0.39, 0.29) is 5.54 Å². The molecule has 1 aliphatic rings. The second-order valence-electron chi connectivity index (χ2n) is 6.25. The number of nitrogens with zero attached hydrogens (tertiary/aromatic N) is 2. The van der Waals surface area contributed by atoms with Gasteiger partial charge in [0.25, 0.3) is 0 Å². The van der Waals surface area contributed by atoms with Crippen LogP contribution >= 0.6 is 11.3 Å². The van der Waals surface area contributed by atoms with Gasteiger partial charge < -0.3 is 10.1 Å². The van der Waals surface area contributed by atoms with Crippen molar-refractivity contribution >= 4 is 11.3 Å². The normalized spacial score (nSPS) is 21.8. The van der Waals surface area contributed by atoms with Gasteiger partial charge in [-0.15, -0.1) is 11.3 Å². The maximum absolute atomic E-state index is 5.56. The number of hydrogen-bond acceptors (Lipinski definition) is 5. The van der Waals surface area contributed by atoms with Gasteiger partial charge in [-0.1, -0.05) is 0 Å². The van der Waals surface area contributed by atoms with Gasteiger partial charge in [0.05, 0.1) is 18.4 Å². The maximum atomic E-state index is 5.56. The lowest BCUT2D eigenvalue weighted by Crippen LogP contribution is -2.40. The van der Waals surface area contributed by atoms with Gasteiger partial charge in [-0.05, 0) is 27.7 Å². The van der Waals surface area contributed by atoms with Crippen molar-refractivity contribution in [1.82, 2.24) is 15.2 Å². The molecule has 0 aromatic carbocycles. The Labute approximate surface area is 120 Å². The van der Waals surface area contributed by atoms with E-state index in [4.69, 9.17) is 9.72 Å². The molecule has 0 spiro atoms. The minimum atomic E-state index is 0.144. The van der Waals surface area contributed by atoms with Gasteiger partial charge in [0, 0.05) is 37.1 Å². The summed E-state index contributed by atoms with van der Waals surface area (Å²) in [5.74, 6) is 0. The van der Waals surface area contributed by atoms with Crippen LogP contribution in [-0.2, 0) is 17.8 Å². The Morgan fingerprint density at radius 3 is 3.00 bits per heavy atom. The zero-order chi connectivity index (χ0) is 13.9. The molecule has 4 nitrogen and oxygen atoms in total. The van der Waals surface area contributed by atoms with Crippen LogP contribution in [0.25, 0.3) is 0 Å². The van der Waals surface area contributed by atoms with Crippen LogP contribution in [0.4, 0.5) is 0 Å². The van der Waals surface area contributed by atoms with Crippen LogP contribution < -0.4 is 5.32 Å². The zero-order valence-corrected chi connectivity index (χ0v) is 13.2. The second kappa shape index (κ2) is 6.31. The summed E-state index contributed by atoms with van der Waals surface area (Å²) in [6.45, 7) is 13.3. The third-order valence-corrected chi connectivity index (χ3v) is 3.98. The molecule has 1 aromatic heterocycles. The monoisotopic (exact) mass is 283 g/mol. The van der Waals surface area contributed by atoms with E-state index in [1.165, 1.54) is 10.7 Å². The highest BCUT2D eigenvalue weighted by molar-refractivity contribution is 7.09. The molecule has 0 radical (unpaired) electrons. The number of ether oxygens (including phenoxy) is 1. The van der Waals surface area contributed by atoms with E-state index in [0.29, 0.717) is 6.10 Å². The fraction of sp³-hybridized carbons (Fsp3) is 0.786. The second-order valence-corrected chi connectivity index (χ2v) is 7.20. The van der Waals surface area contributed by atoms with Crippen molar-refractivity contribution in [2.24, 2.45) is 0 Å². The molecule has 0 bridgehead atoms. The molecule has 1 fully saturated rings. The topological polar surface area (TPSA) is 37.4 Å². The van der Waals surface area contributed by atoms with E-state index < -0.39 is 0 Å². The zero-order valence-electron chi connectivity index (χ0n) is 12.4. The van der Waals surface area contributed by atoms with E-state index in [2.05, 4.69) is 43.3 Å². The molecular weight excluding hydrogens is 258 g/mol. The molecule has 0 saturated carbocycles. The van der Waals surface area contributed by atoms with Gasteiger partial charge in [0.1, 0.15) is 5.01 Å². The standard InChI is InChI=1S/C14H25N3OS/c1-11-8-17(5-6-18-11)9-12-10-19-13(16-12)7-15-14(2,3)4/h10-11,15H,5-9H2,1-4H3. The largest absolute Gasteiger partial charge is 0.376 e. The fourth-order valence-corrected chi connectivity index (χ4v) is 2.83. The number of aromatic nitrogens is 1. The predicted molar refractivity (Wildman–Crippen MR) is 79.4 cm³/mol. The van der Waals surface area contributed by atoms with Crippen LogP contribution in [0.2, 0.25) is 0 Å². The van der Waals surface area contributed by atoms with E-state index in [1.54, 1.807) is 11.3 Å². The first-order chi connectivity index (χ1) is 8.92. The van der Waals surface area contributed by atoms with Crippen molar-refractivity contribution in [3.05, 3.63) is 16.1 Å². The lowest BCUT2D eigenvalue weighted by molar-refractivity contribution is -0.0215. The van der Waals surface area contributed by atoms with Gasteiger partial charge in [0.15, 0.2) is 0 Å². The third-order valence-electron chi connectivity index (χ3n) is 3.08. The lowest BCUT2D eigenvalue weighted by atomic mass is 10.1. The summed E-state index contributed by atoms with van der Waals surface area (Å²) >= 11 is 1.75. The van der Waals surface area contributed by atoms with Crippen molar-refractivity contribution in [2.45, 2.75) is 52.4 Å². The molecule has 2 rings (SSSR count). The minimum Gasteiger partial charge on any atom is -0.376 e. The lowest BCUT2D eigenvalue weighted by Gasteiger charge is -2.30. The van der Waals surface area contributed by atoms with Gasteiger partial charge in [-0.25, -0.2) is 4.98 Å². The number of thiazole rings is 1. The Morgan fingerprint density at radius 2 is 2.32 bits per heavy atom. The molecule has 108 valence electrons. The molecule has 1 N–H and O–H groups in total. The molecule has 1 unspecified atom stereocenters. The number of rotatable bonds is 4. The number of hydrogen-bond donors (Lipinski definition) is 1. The average molecular weight is 283 g/mol. The first kappa shape index (κ1) is 14.9. The molecular formula is C14H25N3OS. The summed E-state index contributed by atoms with van der Waals surface area (Å²) in [7, 11) is 0. The average Bonchev–Trinajstić information content (AvgIpc) is 2.73. The van der Waals surface area contributed by atoms with Gasteiger partial charge in [0.2, 0.25) is 0 Å². The molecule has 1 saturated heterocycles. The molecule has 19 heavy (non-hydrogen) atoms. The Kier molecular flexibility index (Phi) is 4.95. The van der Waals surface area contributed by atoms with E-state index in [1.807, 2.05) is 0 Å². The first-order valence-corrected chi connectivity index (χ1v) is 7.82. The molecule has 1 aliphatic heterocycles. The van der Waals surface area contributed by atoms with Crippen molar-refractivity contribution in [3.63, 3.8) is 0 Å². The van der Waals surface area contributed by atoms with Crippen LogP contribution in [0.3, 0.4) is 0 Å². The summed E-state index contributed by atoms with van der Waals surface area (Å²) in [6.07, 6.45) is 0.342. The van der Waals surface area contributed by atoms with E-state index in [9.17, 15) is 0 Å². The fourth-order valence-electron chi connectivity index (χ4n) is 2.11. The van der Waals surface area contributed by atoms with Crippen molar-refractivity contribution in [3.8, 4) is 0 Å². The van der Waals surface area contributed by atoms with Crippen LogP contribution in [0.5, 0.6) is 0 Å². The highest BCUT2D eigenvalue weighted by Gasteiger charge is 2.18. The SMILES string of the molecule is CC1CN(Cc2csc(CNC(C)(C)C)n2)CCO1. The van der Waals surface area contributed by atoms with Crippen LogP contribution in [0, 0.1) is 0 Å². The number of nitrogens with one attached hydrogen (secondary N) is 1. The smallest absolute Gasteiger partial charge is 0.107 e. The van der Waals surface area contributed by atoms with Crippen molar-refractivity contribution < 1.29 is 4.74 Å². The summed E-state index contributed by atoms with van der Waals surface area (Å²) in [4.78, 5) is 7.13. The summed E-state index contributed by atoms with van der Waals surface area (Å²) in [5, 5.41) is 6.83. The molecule has 5 heteroatoms. The van der Waals surface area contributed by atoms with E-state index in [0.717, 1.165) is 32.8 Å². The Morgan fingerprint density at radius 1 is 1.53 bits per heavy atom. The quantitative estimate of drug-likeness (QED) is 0.919. The third kappa shape index (κ3) is 5.18. The van der Waals surface area contributed by atoms with Gasteiger partial charge in [-0.3, -0.25) is 4.90 Å². The van der Waals surface area contributed by atoms with Crippen LogP contribution in [-0.4, -0.2) is 41.2 Å². The molecule has 0 aliphatic carbocycles. The minimum absolute atomic E-state index is 0.144. The van der Waals surface area contributed by atoms with Crippen molar-refractivity contribution in [1.29, 1.82) is 0 Å². The van der Waals surface area contributed by atoms with Crippen LogP contribution in [0.1, 0.15) is 38.4 Å². The highest BCUT2D eigenvalue weighted by atomic mass is 32.1. The maximum Gasteiger partial charge on any atom is 0.107 e. The predicted octanol–water partition coefficient (Wildman–Crippen LogP) is 2.25. The molecule has 1 atom stereocenters. The first-order valence-electron chi connectivity index (χ1n) is 6.95.